The molecular weight excluding hydrogens is 229 g/mol. The Morgan fingerprint density at radius 1 is 0.900 bits per heavy atom. The van der Waals surface area contributed by atoms with Crippen molar-refractivity contribution in [3.05, 3.63) is 0 Å². The molecule has 0 atom stereocenters. The van der Waals surface area contributed by atoms with E-state index in [9.17, 15) is 0 Å². The van der Waals surface area contributed by atoms with Crippen molar-refractivity contribution < 1.29 is 0 Å². The number of hydrogen-bond donors (Lipinski definition) is 0. The summed E-state index contributed by atoms with van der Waals surface area (Å²) in [7, 11) is 0. The topological polar surface area (TPSA) is 3.24 Å². The molecule has 60 valence electrons. The van der Waals surface area contributed by atoms with E-state index in [-0.39, 0.29) is 0 Å². The van der Waals surface area contributed by atoms with Gasteiger partial charge >= 0.3 is 68.9 Å². The van der Waals surface area contributed by atoms with Crippen LogP contribution in [0.1, 0.15) is 19.3 Å². The summed E-state index contributed by atoms with van der Waals surface area (Å²) < 4.78 is 2.79. The average Bonchev–Trinajstić information content (AvgIpc) is 1.88. The molecule has 1 nitrogen and oxygen atoms in total. The Kier molecular flexibility index (Phi) is 3.04. The van der Waals surface area contributed by atoms with Gasteiger partial charge in [-0.05, 0) is 0 Å². The second kappa shape index (κ2) is 3.44. The third kappa shape index (κ3) is 2.42. The van der Waals surface area contributed by atoms with Crippen LogP contribution < -0.4 is 0 Å². The van der Waals surface area contributed by atoms with Gasteiger partial charge in [-0.3, -0.25) is 0 Å². The number of rotatable bonds is 1. The average molecular weight is 248 g/mol. The maximum absolute atomic E-state index is 2.79. The van der Waals surface area contributed by atoms with E-state index in [2.05, 4.69) is 17.9 Å². The SMILES string of the molecule is [CH3][Sn]([CH3])([CH3])[N]1CCCCC1. The van der Waals surface area contributed by atoms with Gasteiger partial charge in [0.25, 0.3) is 0 Å². The van der Waals surface area contributed by atoms with Crippen molar-refractivity contribution in [2.45, 2.75) is 34.1 Å². The molecule has 0 saturated carbocycles. The summed E-state index contributed by atoms with van der Waals surface area (Å²) in [5.41, 5.74) is 0. The van der Waals surface area contributed by atoms with E-state index in [1.54, 1.807) is 0 Å². The standard InChI is InChI=1S/C5H10N.3CH3.Sn/c1-2-4-6-5-3-1;;;;/h1-5H2;3*1H3;/q-1;;;;+1. The van der Waals surface area contributed by atoms with E-state index < -0.39 is 18.7 Å². The van der Waals surface area contributed by atoms with Gasteiger partial charge in [-0.25, -0.2) is 0 Å². The summed E-state index contributed by atoms with van der Waals surface area (Å²) in [6.45, 7) is 2.80. The fourth-order valence-electron chi connectivity index (χ4n) is 1.56. The van der Waals surface area contributed by atoms with Crippen LogP contribution >= 0.6 is 0 Å². The molecule has 1 heterocycles. The van der Waals surface area contributed by atoms with Gasteiger partial charge in [-0.1, -0.05) is 0 Å². The monoisotopic (exact) mass is 249 g/mol. The van der Waals surface area contributed by atoms with Gasteiger partial charge in [0.2, 0.25) is 0 Å². The molecule has 0 unspecified atom stereocenters. The maximum atomic E-state index is 2.79. The van der Waals surface area contributed by atoms with Crippen LogP contribution in [-0.4, -0.2) is 34.9 Å². The molecule has 0 aromatic heterocycles. The predicted molar refractivity (Wildman–Crippen MR) is 48.8 cm³/mol. The third-order valence-corrected chi connectivity index (χ3v) is 9.00. The van der Waals surface area contributed by atoms with E-state index in [0.29, 0.717) is 0 Å². The Balaban J connectivity index is 2.39. The molecule has 0 amide bonds. The first-order valence-electron chi connectivity index (χ1n) is 4.36. The molecule has 0 aromatic carbocycles. The fraction of sp³-hybridized carbons (Fsp3) is 1.00. The molecule has 0 spiro atoms. The summed E-state index contributed by atoms with van der Waals surface area (Å²) in [6, 6.07) is 0. The molecule has 0 N–H and O–H groups in total. The van der Waals surface area contributed by atoms with E-state index >= 15 is 0 Å². The van der Waals surface area contributed by atoms with E-state index in [1.807, 2.05) is 0 Å². The molecular formula is C8H19NSn. The van der Waals surface area contributed by atoms with Gasteiger partial charge in [-0.2, -0.15) is 0 Å². The summed E-state index contributed by atoms with van der Waals surface area (Å²) in [5, 5.41) is 0. The van der Waals surface area contributed by atoms with Gasteiger partial charge in [0.05, 0.1) is 0 Å². The molecule has 0 radical (unpaired) electrons. The Morgan fingerprint density at radius 2 is 1.40 bits per heavy atom. The summed E-state index contributed by atoms with van der Waals surface area (Å²) in [6.07, 6.45) is 4.38. The van der Waals surface area contributed by atoms with Crippen molar-refractivity contribution >= 4 is 18.7 Å². The Bertz CT molecular complexity index is 100. The van der Waals surface area contributed by atoms with Crippen LogP contribution in [-0.2, 0) is 0 Å². The van der Waals surface area contributed by atoms with Crippen molar-refractivity contribution in [2.24, 2.45) is 0 Å². The molecule has 1 rings (SSSR count). The second-order valence-electron chi connectivity index (χ2n) is 4.22. The van der Waals surface area contributed by atoms with Gasteiger partial charge < -0.3 is 0 Å². The van der Waals surface area contributed by atoms with Crippen LogP contribution in [0.5, 0.6) is 0 Å². The van der Waals surface area contributed by atoms with Crippen molar-refractivity contribution in [3.63, 3.8) is 0 Å². The third-order valence-electron chi connectivity index (χ3n) is 2.30. The van der Waals surface area contributed by atoms with E-state index in [1.165, 1.54) is 32.4 Å². The summed E-state index contributed by atoms with van der Waals surface area (Å²) in [4.78, 5) is 7.54. The zero-order chi connectivity index (χ0) is 7.61. The van der Waals surface area contributed by atoms with Crippen LogP contribution in [0.4, 0.5) is 0 Å². The van der Waals surface area contributed by atoms with Crippen molar-refractivity contribution in [2.75, 3.05) is 13.1 Å². The molecule has 0 aliphatic carbocycles. The zero-order valence-corrected chi connectivity index (χ0v) is 10.3. The molecule has 1 fully saturated rings. The Morgan fingerprint density at radius 3 is 1.70 bits per heavy atom. The van der Waals surface area contributed by atoms with Crippen molar-refractivity contribution in [3.8, 4) is 0 Å². The summed E-state index contributed by atoms with van der Waals surface area (Å²) in [5.74, 6) is 0. The van der Waals surface area contributed by atoms with Crippen molar-refractivity contribution in [1.29, 1.82) is 0 Å². The molecule has 1 aliphatic heterocycles. The zero-order valence-electron chi connectivity index (χ0n) is 7.48. The van der Waals surface area contributed by atoms with Crippen LogP contribution in [0, 0.1) is 0 Å². The van der Waals surface area contributed by atoms with Crippen LogP contribution in [0.25, 0.3) is 0 Å². The number of hydrogen-bond acceptors (Lipinski definition) is 1. The fourth-order valence-corrected chi connectivity index (χ4v) is 6.30. The molecule has 0 aromatic rings. The molecule has 10 heavy (non-hydrogen) atoms. The van der Waals surface area contributed by atoms with Crippen LogP contribution in [0.3, 0.4) is 0 Å². The minimum absolute atomic E-state index is 1.40. The quantitative estimate of drug-likeness (QED) is 0.643. The van der Waals surface area contributed by atoms with Crippen molar-refractivity contribution in [1.82, 2.24) is 3.12 Å². The van der Waals surface area contributed by atoms with Crippen LogP contribution in [0.15, 0.2) is 0 Å². The molecule has 0 bridgehead atoms. The molecule has 1 aliphatic rings. The van der Waals surface area contributed by atoms with E-state index in [0.717, 1.165) is 0 Å². The first kappa shape index (κ1) is 8.85. The number of piperidine rings is 1. The first-order chi connectivity index (χ1) is 4.61. The number of nitrogens with zero attached hydrogens (tertiary/aromatic N) is 1. The van der Waals surface area contributed by atoms with Crippen LogP contribution in [0.2, 0.25) is 14.8 Å². The summed E-state index contributed by atoms with van der Waals surface area (Å²) >= 11 is -1.60. The van der Waals surface area contributed by atoms with Gasteiger partial charge in [0.1, 0.15) is 0 Å². The minimum atomic E-state index is -1.60. The normalized spacial score (nSPS) is 23.1. The van der Waals surface area contributed by atoms with E-state index in [4.69, 9.17) is 0 Å². The molecule has 2 heteroatoms. The Hall–Kier alpha value is 0.759. The van der Waals surface area contributed by atoms with Gasteiger partial charge in [-0.15, -0.1) is 0 Å². The predicted octanol–water partition coefficient (Wildman–Crippen LogP) is 2.31. The molecule has 1 saturated heterocycles. The second-order valence-corrected chi connectivity index (χ2v) is 18.4. The Labute approximate surface area is 69.0 Å². The van der Waals surface area contributed by atoms with Gasteiger partial charge in [0.15, 0.2) is 0 Å². The first-order valence-corrected chi connectivity index (χ1v) is 14.2. The van der Waals surface area contributed by atoms with Gasteiger partial charge in [0, 0.05) is 0 Å².